The zero-order chi connectivity index (χ0) is 22.8. The van der Waals surface area contributed by atoms with Gasteiger partial charge in [-0.3, -0.25) is 9.59 Å². The topological polar surface area (TPSA) is 49.4 Å². The minimum Gasteiger partial charge on any atom is -0.354 e. The van der Waals surface area contributed by atoms with Gasteiger partial charge in [-0.05, 0) is 48.8 Å². The van der Waals surface area contributed by atoms with Crippen molar-refractivity contribution in [3.05, 3.63) is 70.8 Å². The molecular formula is C27H38N2O2. The van der Waals surface area contributed by atoms with Gasteiger partial charge in [-0.1, -0.05) is 81.8 Å². The molecule has 1 atom stereocenters. The third kappa shape index (κ3) is 7.54. The number of aryl methyl sites for hydroxylation is 2. The lowest BCUT2D eigenvalue weighted by molar-refractivity contribution is -0.141. The molecule has 0 aliphatic carbocycles. The fourth-order valence-corrected chi connectivity index (χ4v) is 3.76. The molecule has 0 bridgehead atoms. The van der Waals surface area contributed by atoms with Crippen molar-refractivity contribution in [2.24, 2.45) is 0 Å². The molecule has 0 aliphatic rings. The Balaban J connectivity index is 2.16. The summed E-state index contributed by atoms with van der Waals surface area (Å²) in [5.41, 5.74) is 4.65. The van der Waals surface area contributed by atoms with Crippen LogP contribution in [0.25, 0.3) is 0 Å². The molecule has 4 nitrogen and oxygen atoms in total. The van der Waals surface area contributed by atoms with Crippen LogP contribution in [-0.2, 0) is 22.6 Å². The first-order chi connectivity index (χ1) is 14.8. The van der Waals surface area contributed by atoms with E-state index in [4.69, 9.17) is 0 Å². The summed E-state index contributed by atoms with van der Waals surface area (Å²) in [6.07, 6.45) is 2.54. The summed E-state index contributed by atoms with van der Waals surface area (Å²) in [4.78, 5) is 27.9. The van der Waals surface area contributed by atoms with Gasteiger partial charge in [0, 0.05) is 19.5 Å². The van der Waals surface area contributed by atoms with Crippen LogP contribution in [0.2, 0.25) is 0 Å². The lowest BCUT2D eigenvalue weighted by Gasteiger charge is -2.31. The molecule has 4 heteroatoms. The number of amides is 2. The van der Waals surface area contributed by atoms with E-state index in [1.807, 2.05) is 39.0 Å². The Bertz CT molecular complexity index is 843. The van der Waals surface area contributed by atoms with Gasteiger partial charge in [0.05, 0.1) is 0 Å². The highest BCUT2D eigenvalue weighted by Crippen LogP contribution is 2.18. The van der Waals surface area contributed by atoms with E-state index in [0.717, 1.165) is 23.1 Å². The Hall–Kier alpha value is -2.62. The first-order valence-electron chi connectivity index (χ1n) is 11.6. The molecule has 168 valence electrons. The minimum absolute atomic E-state index is 0.0212. The van der Waals surface area contributed by atoms with Crippen molar-refractivity contribution in [3.8, 4) is 0 Å². The SMILES string of the molecule is CCCNC(=O)[C@H](CC)N(Cc1cccc(C)c1)C(=O)CCc1ccc(C(C)C)cc1. The predicted octanol–water partition coefficient (Wildman–Crippen LogP) is 5.38. The first-order valence-corrected chi connectivity index (χ1v) is 11.6. The number of benzene rings is 2. The molecule has 2 amide bonds. The maximum atomic E-state index is 13.3. The van der Waals surface area contributed by atoms with Crippen LogP contribution in [0.4, 0.5) is 0 Å². The minimum atomic E-state index is -0.456. The van der Waals surface area contributed by atoms with Crippen LogP contribution in [0.3, 0.4) is 0 Å². The summed E-state index contributed by atoms with van der Waals surface area (Å²) in [7, 11) is 0. The summed E-state index contributed by atoms with van der Waals surface area (Å²) < 4.78 is 0. The van der Waals surface area contributed by atoms with Crippen molar-refractivity contribution in [3.63, 3.8) is 0 Å². The maximum Gasteiger partial charge on any atom is 0.242 e. The van der Waals surface area contributed by atoms with Crippen molar-refractivity contribution in [1.82, 2.24) is 10.2 Å². The van der Waals surface area contributed by atoms with Gasteiger partial charge in [0.15, 0.2) is 0 Å². The van der Waals surface area contributed by atoms with E-state index in [1.54, 1.807) is 4.90 Å². The van der Waals surface area contributed by atoms with E-state index >= 15 is 0 Å². The summed E-state index contributed by atoms with van der Waals surface area (Å²) in [5.74, 6) is 0.451. The highest BCUT2D eigenvalue weighted by molar-refractivity contribution is 5.87. The van der Waals surface area contributed by atoms with Gasteiger partial charge in [-0.25, -0.2) is 0 Å². The standard InChI is InChI=1S/C27H38N2O2/c1-6-17-28-27(31)25(7-2)29(19-23-10-8-9-21(5)18-23)26(30)16-13-22-11-14-24(15-12-22)20(3)4/h8-12,14-15,18,20,25H,6-7,13,16-17,19H2,1-5H3,(H,28,31)/t25-/m0/s1. The second-order valence-electron chi connectivity index (χ2n) is 8.62. The molecule has 2 rings (SSSR count). The molecule has 2 aromatic carbocycles. The normalized spacial score (nSPS) is 11.9. The lowest BCUT2D eigenvalue weighted by Crippen LogP contribution is -2.49. The second-order valence-corrected chi connectivity index (χ2v) is 8.62. The second kappa shape index (κ2) is 12.3. The van der Waals surface area contributed by atoms with Crippen LogP contribution in [0.5, 0.6) is 0 Å². The van der Waals surface area contributed by atoms with Gasteiger partial charge in [0.25, 0.3) is 0 Å². The van der Waals surface area contributed by atoms with Gasteiger partial charge in [0.2, 0.25) is 11.8 Å². The van der Waals surface area contributed by atoms with Crippen molar-refractivity contribution >= 4 is 11.8 Å². The zero-order valence-electron chi connectivity index (χ0n) is 19.8. The van der Waals surface area contributed by atoms with E-state index in [0.29, 0.717) is 38.3 Å². The third-order valence-electron chi connectivity index (χ3n) is 5.64. The predicted molar refractivity (Wildman–Crippen MR) is 128 cm³/mol. The van der Waals surface area contributed by atoms with Gasteiger partial charge in [-0.15, -0.1) is 0 Å². The molecule has 1 N–H and O–H groups in total. The molecule has 0 spiro atoms. The molecule has 0 unspecified atom stereocenters. The van der Waals surface area contributed by atoms with Crippen LogP contribution in [0, 0.1) is 6.92 Å². The van der Waals surface area contributed by atoms with Gasteiger partial charge in [0.1, 0.15) is 6.04 Å². The fraction of sp³-hybridized carbons (Fsp3) is 0.481. The summed E-state index contributed by atoms with van der Waals surface area (Å²) in [5, 5.41) is 2.97. The van der Waals surface area contributed by atoms with Crippen LogP contribution < -0.4 is 5.32 Å². The number of nitrogens with zero attached hydrogens (tertiary/aromatic N) is 1. The Kier molecular flexibility index (Phi) is 9.77. The fourth-order valence-electron chi connectivity index (χ4n) is 3.76. The number of carbonyl (C=O) groups is 2. The quantitative estimate of drug-likeness (QED) is 0.528. The Morgan fingerprint density at radius 1 is 1.00 bits per heavy atom. The average molecular weight is 423 g/mol. The van der Waals surface area contributed by atoms with E-state index in [2.05, 4.69) is 49.5 Å². The number of hydrogen-bond acceptors (Lipinski definition) is 2. The van der Waals surface area contributed by atoms with Crippen molar-refractivity contribution in [2.45, 2.75) is 78.8 Å². The maximum absolute atomic E-state index is 13.3. The molecular weight excluding hydrogens is 384 g/mol. The average Bonchev–Trinajstić information content (AvgIpc) is 2.76. The molecule has 0 aliphatic heterocycles. The summed E-state index contributed by atoms with van der Waals surface area (Å²) >= 11 is 0. The molecule has 0 saturated heterocycles. The number of carbonyl (C=O) groups excluding carboxylic acids is 2. The van der Waals surface area contributed by atoms with E-state index in [9.17, 15) is 9.59 Å². The molecule has 0 saturated carbocycles. The van der Waals surface area contributed by atoms with Crippen molar-refractivity contribution < 1.29 is 9.59 Å². The molecule has 0 heterocycles. The third-order valence-corrected chi connectivity index (χ3v) is 5.64. The van der Waals surface area contributed by atoms with Gasteiger partial charge < -0.3 is 10.2 Å². The number of rotatable bonds is 11. The number of hydrogen-bond donors (Lipinski definition) is 1. The molecule has 0 fully saturated rings. The van der Waals surface area contributed by atoms with E-state index in [-0.39, 0.29) is 11.8 Å². The Morgan fingerprint density at radius 3 is 2.29 bits per heavy atom. The number of nitrogens with one attached hydrogen (secondary N) is 1. The molecule has 0 aromatic heterocycles. The van der Waals surface area contributed by atoms with Crippen LogP contribution in [0.1, 0.15) is 75.1 Å². The van der Waals surface area contributed by atoms with E-state index in [1.165, 1.54) is 5.56 Å². The van der Waals surface area contributed by atoms with Crippen molar-refractivity contribution in [2.75, 3.05) is 6.54 Å². The lowest BCUT2D eigenvalue weighted by atomic mass is 10.00. The Morgan fingerprint density at radius 2 is 1.71 bits per heavy atom. The van der Waals surface area contributed by atoms with Gasteiger partial charge >= 0.3 is 0 Å². The molecule has 2 aromatic rings. The van der Waals surface area contributed by atoms with Crippen LogP contribution >= 0.6 is 0 Å². The zero-order valence-corrected chi connectivity index (χ0v) is 19.8. The Labute approximate surface area is 188 Å². The smallest absolute Gasteiger partial charge is 0.242 e. The monoisotopic (exact) mass is 422 g/mol. The molecule has 0 radical (unpaired) electrons. The van der Waals surface area contributed by atoms with Crippen LogP contribution in [0.15, 0.2) is 48.5 Å². The first kappa shape index (κ1) is 24.6. The van der Waals surface area contributed by atoms with E-state index < -0.39 is 6.04 Å². The van der Waals surface area contributed by atoms with Crippen molar-refractivity contribution in [1.29, 1.82) is 0 Å². The van der Waals surface area contributed by atoms with Crippen LogP contribution in [-0.4, -0.2) is 29.3 Å². The largest absolute Gasteiger partial charge is 0.354 e. The summed E-state index contributed by atoms with van der Waals surface area (Å²) in [6.45, 7) is 11.5. The highest BCUT2D eigenvalue weighted by Gasteiger charge is 2.28. The molecule has 31 heavy (non-hydrogen) atoms. The summed E-state index contributed by atoms with van der Waals surface area (Å²) in [6, 6.07) is 16.2. The van der Waals surface area contributed by atoms with Gasteiger partial charge in [-0.2, -0.15) is 0 Å². The highest BCUT2D eigenvalue weighted by atomic mass is 16.2.